The lowest BCUT2D eigenvalue weighted by Gasteiger charge is -2.14. The summed E-state index contributed by atoms with van der Waals surface area (Å²) in [7, 11) is 1.12. The van der Waals surface area contributed by atoms with Crippen LogP contribution in [0.1, 0.15) is 11.1 Å². The lowest BCUT2D eigenvalue weighted by atomic mass is 10.1. The first kappa shape index (κ1) is 15.0. The van der Waals surface area contributed by atoms with Crippen LogP contribution < -0.4 is 16.0 Å². The molecule has 1 aromatic heterocycles. The number of nitrogens with one attached hydrogen (secondary N) is 1. The van der Waals surface area contributed by atoms with Gasteiger partial charge in [-0.25, -0.2) is 0 Å². The Hall–Kier alpha value is -2.03. The number of hydrogen-bond acceptors (Lipinski definition) is 5. The van der Waals surface area contributed by atoms with Crippen molar-refractivity contribution >= 4 is 5.97 Å². The quantitative estimate of drug-likeness (QED) is 0.781. The van der Waals surface area contributed by atoms with Crippen molar-refractivity contribution in [2.24, 2.45) is 5.73 Å². The normalized spacial score (nSPS) is 11.2. The third kappa shape index (κ3) is 4.28. The fourth-order valence-electron chi connectivity index (χ4n) is 1.43. The van der Waals surface area contributed by atoms with Gasteiger partial charge in [-0.2, -0.15) is 0 Å². The summed E-state index contributed by atoms with van der Waals surface area (Å²) < 4.78 is 44.6. The van der Waals surface area contributed by atoms with E-state index in [4.69, 9.17) is 5.73 Å². The molecule has 6 nitrogen and oxygen atoms in total. The molecule has 0 bridgehead atoms. The molecule has 1 heterocycles. The largest absolute Gasteiger partial charge is 0.574 e. The van der Waals surface area contributed by atoms with E-state index in [1.807, 2.05) is 4.98 Å². The molecule has 19 heavy (non-hydrogen) atoms. The van der Waals surface area contributed by atoms with Gasteiger partial charge in [0.25, 0.3) is 5.56 Å². The minimum Gasteiger partial charge on any atom is -0.469 e. The Morgan fingerprint density at radius 2 is 2.11 bits per heavy atom. The van der Waals surface area contributed by atoms with Crippen LogP contribution in [0.2, 0.25) is 0 Å². The van der Waals surface area contributed by atoms with E-state index in [1.54, 1.807) is 0 Å². The monoisotopic (exact) mass is 280 g/mol. The van der Waals surface area contributed by atoms with Crippen LogP contribution in [-0.4, -0.2) is 24.4 Å². The SMILES string of the molecule is COC(=O)Cc1cc(=O)[nH]c(OC(F)(F)F)c1CN. The number of hydrogen-bond donors (Lipinski definition) is 2. The number of carbonyl (C=O) groups is 1. The number of rotatable bonds is 4. The van der Waals surface area contributed by atoms with Crippen molar-refractivity contribution in [2.75, 3.05) is 7.11 Å². The third-order valence-corrected chi connectivity index (χ3v) is 2.19. The molecule has 0 saturated carbocycles. The average molecular weight is 280 g/mol. The van der Waals surface area contributed by atoms with Gasteiger partial charge in [0, 0.05) is 18.2 Å². The molecule has 0 aromatic carbocycles. The highest BCUT2D eigenvalue weighted by Gasteiger charge is 2.33. The van der Waals surface area contributed by atoms with Gasteiger partial charge in [-0.15, -0.1) is 13.2 Å². The molecule has 0 unspecified atom stereocenters. The first-order valence-electron chi connectivity index (χ1n) is 5.04. The van der Waals surface area contributed by atoms with Gasteiger partial charge in [-0.05, 0) is 5.56 Å². The van der Waals surface area contributed by atoms with Crippen LogP contribution >= 0.6 is 0 Å². The highest BCUT2D eigenvalue weighted by atomic mass is 19.4. The predicted octanol–water partition coefficient (Wildman–Crippen LogP) is 0.448. The third-order valence-electron chi connectivity index (χ3n) is 2.19. The lowest BCUT2D eigenvalue weighted by Crippen LogP contribution is -2.24. The number of alkyl halides is 3. The number of ether oxygens (including phenoxy) is 2. The molecule has 3 N–H and O–H groups in total. The summed E-state index contributed by atoms with van der Waals surface area (Å²) in [6.07, 6.45) is -5.35. The first-order chi connectivity index (χ1) is 8.76. The molecule has 0 aliphatic heterocycles. The fourth-order valence-corrected chi connectivity index (χ4v) is 1.43. The Balaban J connectivity index is 3.24. The predicted molar refractivity (Wildman–Crippen MR) is 57.4 cm³/mol. The van der Waals surface area contributed by atoms with Gasteiger partial charge in [-0.3, -0.25) is 14.6 Å². The molecular formula is C10H11F3N2O4. The van der Waals surface area contributed by atoms with E-state index in [-0.39, 0.29) is 24.1 Å². The second-order valence-corrected chi connectivity index (χ2v) is 3.47. The molecular weight excluding hydrogens is 269 g/mol. The van der Waals surface area contributed by atoms with Crippen LogP contribution in [0.15, 0.2) is 10.9 Å². The molecule has 106 valence electrons. The first-order valence-corrected chi connectivity index (χ1v) is 5.04. The maximum atomic E-state index is 12.2. The Kier molecular flexibility index (Phi) is 4.54. The minimum absolute atomic E-state index is 0.0253. The molecule has 1 aromatic rings. The van der Waals surface area contributed by atoms with E-state index in [1.165, 1.54) is 0 Å². The van der Waals surface area contributed by atoms with E-state index < -0.39 is 23.8 Å². The van der Waals surface area contributed by atoms with E-state index in [0.717, 1.165) is 13.2 Å². The number of nitrogens with two attached hydrogens (primary N) is 1. The summed E-state index contributed by atoms with van der Waals surface area (Å²) in [5, 5.41) is 0. The maximum absolute atomic E-state index is 12.2. The number of carbonyl (C=O) groups excluding carboxylic acids is 1. The molecule has 1 rings (SSSR count). The number of esters is 1. The van der Waals surface area contributed by atoms with Crippen molar-refractivity contribution in [2.45, 2.75) is 19.3 Å². The van der Waals surface area contributed by atoms with E-state index >= 15 is 0 Å². The maximum Gasteiger partial charge on any atom is 0.574 e. The van der Waals surface area contributed by atoms with Crippen LogP contribution in [0, 0.1) is 0 Å². The van der Waals surface area contributed by atoms with E-state index in [2.05, 4.69) is 9.47 Å². The average Bonchev–Trinajstić information content (AvgIpc) is 2.26. The molecule has 0 amide bonds. The molecule has 9 heteroatoms. The molecule has 0 spiro atoms. The van der Waals surface area contributed by atoms with Crippen LogP contribution in [0.25, 0.3) is 0 Å². The summed E-state index contributed by atoms with van der Waals surface area (Å²) in [4.78, 5) is 24.2. The Labute approximate surface area is 105 Å². The van der Waals surface area contributed by atoms with Gasteiger partial charge in [-0.1, -0.05) is 0 Å². The zero-order valence-corrected chi connectivity index (χ0v) is 9.84. The van der Waals surface area contributed by atoms with Crippen molar-refractivity contribution in [3.63, 3.8) is 0 Å². The number of H-pyrrole nitrogens is 1. The van der Waals surface area contributed by atoms with Crippen molar-refractivity contribution in [1.82, 2.24) is 4.98 Å². The highest BCUT2D eigenvalue weighted by Crippen LogP contribution is 2.25. The van der Waals surface area contributed by atoms with Crippen LogP contribution in [0.5, 0.6) is 5.88 Å². The summed E-state index contributed by atoms with van der Waals surface area (Å²) in [6.45, 7) is -0.339. The van der Waals surface area contributed by atoms with Gasteiger partial charge in [0.1, 0.15) is 0 Å². The Morgan fingerprint density at radius 3 is 2.58 bits per heavy atom. The molecule has 0 fully saturated rings. The zero-order valence-electron chi connectivity index (χ0n) is 9.84. The summed E-state index contributed by atoms with van der Waals surface area (Å²) in [6, 6.07) is 0.975. The lowest BCUT2D eigenvalue weighted by molar-refractivity contribution is -0.276. The summed E-state index contributed by atoms with van der Waals surface area (Å²) >= 11 is 0. The topological polar surface area (TPSA) is 94.4 Å². The van der Waals surface area contributed by atoms with E-state index in [0.29, 0.717) is 0 Å². The number of pyridine rings is 1. The van der Waals surface area contributed by atoms with Gasteiger partial charge >= 0.3 is 12.3 Å². The summed E-state index contributed by atoms with van der Waals surface area (Å²) in [5.74, 6) is -1.53. The number of halogens is 3. The van der Waals surface area contributed by atoms with Crippen LogP contribution in [0.3, 0.4) is 0 Å². The molecule has 0 atom stereocenters. The van der Waals surface area contributed by atoms with Crippen molar-refractivity contribution < 1.29 is 27.4 Å². The Morgan fingerprint density at radius 1 is 1.47 bits per heavy atom. The van der Waals surface area contributed by atoms with Crippen molar-refractivity contribution in [1.29, 1.82) is 0 Å². The molecule has 0 radical (unpaired) electrons. The van der Waals surface area contributed by atoms with Gasteiger partial charge < -0.3 is 15.2 Å². The van der Waals surface area contributed by atoms with Gasteiger partial charge in [0.15, 0.2) is 0 Å². The fraction of sp³-hybridized carbons (Fsp3) is 0.400. The van der Waals surface area contributed by atoms with Crippen molar-refractivity contribution in [3.8, 4) is 5.88 Å². The van der Waals surface area contributed by atoms with Crippen molar-refractivity contribution in [3.05, 3.63) is 27.5 Å². The van der Waals surface area contributed by atoms with Crippen LogP contribution in [0.4, 0.5) is 13.2 Å². The van der Waals surface area contributed by atoms with E-state index in [9.17, 15) is 22.8 Å². The smallest absolute Gasteiger partial charge is 0.469 e. The second-order valence-electron chi connectivity index (χ2n) is 3.47. The molecule has 0 aliphatic carbocycles. The second kappa shape index (κ2) is 5.74. The highest BCUT2D eigenvalue weighted by molar-refractivity contribution is 5.73. The van der Waals surface area contributed by atoms with Crippen LogP contribution in [-0.2, 0) is 22.5 Å². The number of methoxy groups -OCH3 is 1. The zero-order chi connectivity index (χ0) is 14.6. The Bertz CT molecular complexity index is 524. The number of aromatic amines is 1. The molecule has 0 saturated heterocycles. The number of aromatic nitrogens is 1. The molecule has 0 aliphatic rings. The standard InChI is InChI=1S/C10H11F3N2O4/c1-18-8(17)3-5-2-7(16)15-9(6(5)4-14)19-10(11,12)13/h2H,3-4,14H2,1H3,(H,15,16). The minimum atomic E-state index is -4.98. The van der Waals surface area contributed by atoms with Gasteiger partial charge in [0.05, 0.1) is 13.5 Å². The summed E-state index contributed by atoms with van der Waals surface area (Å²) in [5.41, 5.74) is 4.39. The van der Waals surface area contributed by atoms with Gasteiger partial charge in [0.2, 0.25) is 5.88 Å².